The number of piperazine rings is 1. The first kappa shape index (κ1) is 19.6. The van der Waals surface area contributed by atoms with Crippen LogP contribution in [0.15, 0.2) is 48.7 Å². The number of fused-ring (bicyclic) bond motifs is 2. The summed E-state index contributed by atoms with van der Waals surface area (Å²) in [6, 6.07) is 14.7. The minimum Gasteiger partial charge on any atom is -0.482 e. The highest BCUT2D eigenvalue weighted by molar-refractivity contribution is 5.95. The molecule has 152 valence electrons. The van der Waals surface area contributed by atoms with Crippen LogP contribution in [-0.4, -0.2) is 55.1 Å². The van der Waals surface area contributed by atoms with Gasteiger partial charge < -0.3 is 19.9 Å². The molecule has 1 fully saturated rings. The Hall–Kier alpha value is -2.70. The fourth-order valence-corrected chi connectivity index (χ4v) is 4.13. The summed E-state index contributed by atoms with van der Waals surface area (Å²) in [7, 11) is 0. The van der Waals surface area contributed by atoms with Crippen LogP contribution in [0.4, 0.5) is 11.4 Å². The zero-order chi connectivity index (χ0) is 18.9. The van der Waals surface area contributed by atoms with E-state index >= 15 is 0 Å². The molecule has 0 atom stereocenters. The average Bonchev–Trinajstić information content (AvgIpc) is 3.21. The lowest BCUT2D eigenvalue weighted by molar-refractivity contribution is -0.118. The summed E-state index contributed by atoms with van der Waals surface area (Å²) in [4.78, 5) is 19.8. The molecule has 2 aliphatic heterocycles. The van der Waals surface area contributed by atoms with Gasteiger partial charge >= 0.3 is 0 Å². The normalized spacial score (nSPS) is 16.7. The molecule has 6 nitrogen and oxygen atoms in total. The summed E-state index contributed by atoms with van der Waals surface area (Å²) < 4.78 is 5.43. The van der Waals surface area contributed by atoms with Gasteiger partial charge in [0.1, 0.15) is 5.75 Å². The van der Waals surface area contributed by atoms with Crippen molar-refractivity contribution in [2.45, 2.75) is 6.42 Å². The van der Waals surface area contributed by atoms with Crippen molar-refractivity contribution < 1.29 is 9.53 Å². The highest BCUT2D eigenvalue weighted by Gasteiger charge is 2.19. The summed E-state index contributed by atoms with van der Waals surface area (Å²) in [5, 5.41) is 4.19. The molecule has 29 heavy (non-hydrogen) atoms. The third kappa shape index (κ3) is 4.04. The van der Waals surface area contributed by atoms with Gasteiger partial charge in [0.15, 0.2) is 6.61 Å². The maximum Gasteiger partial charge on any atom is 0.262 e. The molecule has 1 amide bonds. The molecule has 1 aromatic heterocycles. The molecule has 0 radical (unpaired) electrons. The van der Waals surface area contributed by atoms with Crippen LogP contribution in [0.1, 0.15) is 5.56 Å². The van der Waals surface area contributed by atoms with Crippen LogP contribution in [0.5, 0.6) is 5.75 Å². The van der Waals surface area contributed by atoms with E-state index in [2.05, 4.69) is 50.4 Å². The first-order chi connectivity index (χ1) is 13.8. The molecule has 2 N–H and O–H groups in total. The standard InChI is InChI=1S/C22H24N4O2.ClH/c27-22-15-28-21-5-4-16(14-19(21)24-22)7-9-25-10-12-26(13-11-25)20-3-1-2-18-17(20)6-8-23-18;/h1-6,8,14,23H,7,9-13,15H2,(H,24,27);1H. The van der Waals surface area contributed by atoms with Crippen LogP contribution < -0.4 is 15.0 Å². The zero-order valence-corrected chi connectivity index (χ0v) is 17.0. The summed E-state index contributed by atoms with van der Waals surface area (Å²) in [5.74, 6) is 0.675. The third-order valence-corrected chi connectivity index (χ3v) is 5.68. The predicted molar refractivity (Wildman–Crippen MR) is 118 cm³/mol. The van der Waals surface area contributed by atoms with E-state index in [0.717, 1.165) is 50.6 Å². The van der Waals surface area contributed by atoms with E-state index in [-0.39, 0.29) is 24.9 Å². The number of aromatic amines is 1. The second-order valence-corrected chi connectivity index (χ2v) is 7.46. The first-order valence-corrected chi connectivity index (χ1v) is 9.85. The van der Waals surface area contributed by atoms with Crippen LogP contribution in [0.3, 0.4) is 0 Å². The maximum atomic E-state index is 11.5. The molecule has 1 saturated heterocycles. The second-order valence-electron chi connectivity index (χ2n) is 7.46. The molecule has 0 aliphatic carbocycles. The van der Waals surface area contributed by atoms with E-state index < -0.39 is 0 Å². The molecule has 0 saturated carbocycles. The second kappa shape index (κ2) is 8.35. The molecule has 7 heteroatoms. The summed E-state index contributed by atoms with van der Waals surface area (Å²) in [5.41, 5.74) is 4.54. The Labute approximate surface area is 176 Å². The molecule has 2 aromatic carbocycles. The lowest BCUT2D eigenvalue weighted by Gasteiger charge is -2.36. The van der Waals surface area contributed by atoms with E-state index in [1.165, 1.54) is 22.2 Å². The van der Waals surface area contributed by atoms with Crippen LogP contribution in [0.2, 0.25) is 0 Å². The number of benzene rings is 2. The molecule has 5 rings (SSSR count). The fraction of sp³-hybridized carbons (Fsp3) is 0.318. The van der Waals surface area contributed by atoms with Crippen molar-refractivity contribution in [3.05, 3.63) is 54.2 Å². The van der Waals surface area contributed by atoms with Crippen molar-refractivity contribution in [1.29, 1.82) is 0 Å². The van der Waals surface area contributed by atoms with Crippen LogP contribution in [0, 0.1) is 0 Å². The van der Waals surface area contributed by atoms with Gasteiger partial charge in [-0.1, -0.05) is 12.1 Å². The SMILES string of the molecule is Cl.O=C1COc2ccc(CCN3CCN(c4cccc5[nH]ccc45)CC3)cc2N1. The van der Waals surface area contributed by atoms with Gasteiger partial charge in [-0.15, -0.1) is 12.4 Å². The van der Waals surface area contributed by atoms with E-state index in [0.29, 0.717) is 0 Å². The van der Waals surface area contributed by atoms with E-state index in [1.807, 2.05) is 18.3 Å². The number of carbonyl (C=O) groups is 1. The number of carbonyl (C=O) groups excluding carboxylic acids is 1. The van der Waals surface area contributed by atoms with Gasteiger partial charge in [-0.05, 0) is 42.3 Å². The zero-order valence-electron chi connectivity index (χ0n) is 16.2. The average molecular weight is 413 g/mol. The summed E-state index contributed by atoms with van der Waals surface area (Å²) in [6.45, 7) is 5.33. The van der Waals surface area contributed by atoms with Gasteiger partial charge in [-0.25, -0.2) is 0 Å². The van der Waals surface area contributed by atoms with Gasteiger partial charge in [0.05, 0.1) is 5.69 Å². The third-order valence-electron chi connectivity index (χ3n) is 5.68. The number of halogens is 1. The van der Waals surface area contributed by atoms with Gasteiger partial charge in [-0.2, -0.15) is 0 Å². The Balaban J connectivity index is 0.00000205. The maximum absolute atomic E-state index is 11.5. The molecule has 0 spiro atoms. The highest BCUT2D eigenvalue weighted by Crippen LogP contribution is 2.29. The van der Waals surface area contributed by atoms with Crippen molar-refractivity contribution in [2.75, 3.05) is 49.5 Å². The van der Waals surface area contributed by atoms with E-state index in [9.17, 15) is 4.79 Å². The summed E-state index contributed by atoms with van der Waals surface area (Å²) in [6.07, 6.45) is 2.98. The van der Waals surface area contributed by atoms with Crippen molar-refractivity contribution in [1.82, 2.24) is 9.88 Å². The van der Waals surface area contributed by atoms with Crippen molar-refractivity contribution in [3.8, 4) is 5.75 Å². The molecule has 0 bridgehead atoms. The first-order valence-electron chi connectivity index (χ1n) is 9.85. The quantitative estimate of drug-likeness (QED) is 0.690. The molecular weight excluding hydrogens is 388 g/mol. The number of rotatable bonds is 4. The largest absolute Gasteiger partial charge is 0.482 e. The number of ether oxygens (including phenoxy) is 1. The number of hydrogen-bond acceptors (Lipinski definition) is 4. The Morgan fingerprint density at radius 3 is 2.76 bits per heavy atom. The monoisotopic (exact) mass is 412 g/mol. The fourth-order valence-electron chi connectivity index (χ4n) is 4.13. The molecule has 3 heterocycles. The predicted octanol–water partition coefficient (Wildman–Crippen LogP) is 3.29. The number of anilines is 2. The Morgan fingerprint density at radius 2 is 1.90 bits per heavy atom. The topological polar surface area (TPSA) is 60.6 Å². The van der Waals surface area contributed by atoms with E-state index in [1.54, 1.807) is 0 Å². The molecular formula is C22H25ClN4O2. The molecule has 3 aromatic rings. The Morgan fingerprint density at radius 1 is 1.03 bits per heavy atom. The molecule has 0 unspecified atom stereocenters. The number of nitrogens with one attached hydrogen (secondary N) is 2. The minimum absolute atomic E-state index is 0. The smallest absolute Gasteiger partial charge is 0.262 e. The van der Waals surface area contributed by atoms with Gasteiger partial charge in [0.25, 0.3) is 5.91 Å². The number of H-pyrrole nitrogens is 1. The highest BCUT2D eigenvalue weighted by atomic mass is 35.5. The van der Waals surface area contributed by atoms with Crippen molar-refractivity contribution in [3.63, 3.8) is 0 Å². The number of hydrogen-bond donors (Lipinski definition) is 2. The van der Waals surface area contributed by atoms with Crippen LogP contribution >= 0.6 is 12.4 Å². The van der Waals surface area contributed by atoms with Gasteiger partial charge in [0, 0.05) is 55.5 Å². The summed E-state index contributed by atoms with van der Waals surface area (Å²) >= 11 is 0. The Bertz CT molecular complexity index is 1010. The van der Waals surface area contributed by atoms with E-state index in [4.69, 9.17) is 4.74 Å². The van der Waals surface area contributed by atoms with Gasteiger partial charge in [-0.3, -0.25) is 9.69 Å². The van der Waals surface area contributed by atoms with Crippen molar-refractivity contribution >= 4 is 40.6 Å². The number of amides is 1. The molecule has 2 aliphatic rings. The lowest BCUT2D eigenvalue weighted by Crippen LogP contribution is -2.47. The number of nitrogens with zero attached hydrogens (tertiary/aromatic N) is 2. The van der Waals surface area contributed by atoms with Crippen LogP contribution in [-0.2, 0) is 11.2 Å². The van der Waals surface area contributed by atoms with Gasteiger partial charge in [0.2, 0.25) is 0 Å². The van der Waals surface area contributed by atoms with Crippen molar-refractivity contribution in [2.24, 2.45) is 0 Å². The Kier molecular flexibility index (Phi) is 5.65. The number of aromatic nitrogens is 1. The lowest BCUT2D eigenvalue weighted by atomic mass is 10.1. The minimum atomic E-state index is -0.0850. The van der Waals surface area contributed by atoms with Crippen LogP contribution in [0.25, 0.3) is 10.9 Å².